The van der Waals surface area contributed by atoms with E-state index in [1.54, 1.807) is 6.92 Å². The molecule has 0 fully saturated rings. The van der Waals surface area contributed by atoms with E-state index < -0.39 is 21.7 Å². The van der Waals surface area contributed by atoms with Crippen LogP contribution in [0.5, 0.6) is 0 Å². The highest BCUT2D eigenvalue weighted by Crippen LogP contribution is 2.26. The van der Waals surface area contributed by atoms with Crippen molar-refractivity contribution in [2.75, 3.05) is 19.5 Å². The van der Waals surface area contributed by atoms with Crippen molar-refractivity contribution in [3.63, 3.8) is 0 Å². The Labute approximate surface area is 150 Å². The molecule has 0 aromatic heterocycles. The molecule has 0 radical (unpaired) electrons. The van der Waals surface area contributed by atoms with Crippen molar-refractivity contribution in [3.05, 3.63) is 58.4 Å². The van der Waals surface area contributed by atoms with E-state index in [1.807, 2.05) is 0 Å². The molecule has 0 heterocycles. The number of rotatable bonds is 5. The van der Waals surface area contributed by atoms with Crippen LogP contribution in [0.4, 0.5) is 10.1 Å². The van der Waals surface area contributed by atoms with Crippen molar-refractivity contribution in [3.8, 4) is 0 Å². The van der Waals surface area contributed by atoms with E-state index >= 15 is 0 Å². The van der Waals surface area contributed by atoms with E-state index in [0.717, 1.165) is 6.07 Å². The van der Waals surface area contributed by atoms with Gasteiger partial charge in [0.25, 0.3) is 15.9 Å². The van der Waals surface area contributed by atoms with Crippen LogP contribution in [0.25, 0.3) is 0 Å². The first-order chi connectivity index (χ1) is 11.7. The van der Waals surface area contributed by atoms with E-state index in [0.29, 0.717) is 15.7 Å². The number of nitrogens with zero attached hydrogens (tertiary/aromatic N) is 1. The lowest BCUT2D eigenvalue weighted by atomic mass is 10.1. The van der Waals surface area contributed by atoms with E-state index in [1.165, 1.54) is 44.5 Å². The minimum absolute atomic E-state index is 0.0520. The summed E-state index contributed by atoms with van der Waals surface area (Å²) in [5, 5.41) is 2.49. The number of aryl methyl sites for hydroxylation is 1. The van der Waals surface area contributed by atoms with Crippen molar-refractivity contribution in [2.24, 2.45) is 0 Å². The van der Waals surface area contributed by atoms with E-state index in [-0.39, 0.29) is 15.5 Å². The van der Waals surface area contributed by atoms with E-state index in [4.69, 9.17) is 16.4 Å². The molecule has 2 aromatic carbocycles. The van der Waals surface area contributed by atoms with Gasteiger partial charge in [0.15, 0.2) is 0 Å². The van der Waals surface area contributed by atoms with Gasteiger partial charge in [-0.1, -0.05) is 22.1 Å². The Hall–Kier alpha value is -2.00. The molecule has 1 N–H and O–H groups in total. The highest BCUT2D eigenvalue weighted by Gasteiger charge is 2.25. The van der Waals surface area contributed by atoms with Gasteiger partial charge < -0.3 is 5.32 Å². The normalized spacial score (nSPS) is 11.6. The van der Waals surface area contributed by atoms with Crippen molar-refractivity contribution < 1.29 is 22.4 Å². The fraction of sp³-hybridized carbons (Fsp3) is 0.188. The fourth-order valence-electron chi connectivity index (χ4n) is 2.00. The predicted molar refractivity (Wildman–Crippen MR) is 92.5 cm³/mol. The number of halogens is 2. The summed E-state index contributed by atoms with van der Waals surface area (Å²) in [5.74, 6) is -1.09. The van der Waals surface area contributed by atoms with Crippen molar-refractivity contribution >= 4 is 33.2 Å². The van der Waals surface area contributed by atoms with E-state index in [9.17, 15) is 17.6 Å². The number of hydrogen-bond donors (Lipinski definition) is 1. The van der Waals surface area contributed by atoms with Crippen LogP contribution < -0.4 is 5.32 Å². The third kappa shape index (κ3) is 4.16. The average molecular weight is 387 g/mol. The molecule has 0 aliphatic carbocycles. The minimum Gasteiger partial charge on any atom is -0.322 e. The van der Waals surface area contributed by atoms with E-state index in [2.05, 4.69) is 5.32 Å². The van der Waals surface area contributed by atoms with Gasteiger partial charge in [-0.2, -0.15) is 0 Å². The molecule has 0 saturated carbocycles. The number of sulfonamides is 1. The van der Waals surface area contributed by atoms with Gasteiger partial charge >= 0.3 is 0 Å². The van der Waals surface area contributed by atoms with Crippen LogP contribution in [0, 0.1) is 12.7 Å². The average Bonchev–Trinajstić information content (AvgIpc) is 2.57. The molecule has 1 amide bonds. The van der Waals surface area contributed by atoms with Crippen LogP contribution in [0.1, 0.15) is 15.9 Å². The Bertz CT molecular complexity index is 918. The third-order valence-electron chi connectivity index (χ3n) is 3.51. The molecule has 2 rings (SSSR count). The summed E-state index contributed by atoms with van der Waals surface area (Å²) in [5.41, 5.74) is 1.00. The smallest absolute Gasteiger partial charge is 0.266 e. The van der Waals surface area contributed by atoms with Gasteiger partial charge in [0.05, 0.1) is 12.1 Å². The topological polar surface area (TPSA) is 75.7 Å². The predicted octanol–water partition coefficient (Wildman–Crippen LogP) is 3.22. The monoisotopic (exact) mass is 386 g/mol. The summed E-state index contributed by atoms with van der Waals surface area (Å²) in [6, 6.07) is 7.79. The molecule has 9 heteroatoms. The largest absolute Gasteiger partial charge is 0.322 e. The SMILES string of the molecule is CON(C)S(=O)(=O)c1cc(C(=O)Nc2cc(F)ccc2C)ccc1Cl. The van der Waals surface area contributed by atoms with Gasteiger partial charge in [-0.15, -0.1) is 0 Å². The number of anilines is 1. The Balaban J connectivity index is 2.39. The van der Waals surface area contributed by atoms with Crippen molar-refractivity contribution in [2.45, 2.75) is 11.8 Å². The molecular weight excluding hydrogens is 371 g/mol. The van der Waals surface area contributed by atoms with Gasteiger partial charge in [0.1, 0.15) is 10.7 Å². The number of carbonyl (C=O) groups excluding carboxylic acids is 1. The number of hydroxylamine groups is 1. The van der Waals surface area contributed by atoms with Crippen LogP contribution in [0.15, 0.2) is 41.3 Å². The number of carbonyl (C=O) groups is 1. The number of nitrogens with one attached hydrogen (secondary N) is 1. The molecule has 0 saturated heterocycles. The Morgan fingerprint density at radius 1 is 1.24 bits per heavy atom. The lowest BCUT2D eigenvalue weighted by molar-refractivity contribution is -0.0258. The Morgan fingerprint density at radius 3 is 2.56 bits per heavy atom. The molecule has 0 aliphatic rings. The van der Waals surface area contributed by atoms with Crippen LogP contribution >= 0.6 is 11.6 Å². The molecule has 25 heavy (non-hydrogen) atoms. The number of benzene rings is 2. The summed E-state index contributed by atoms with van der Waals surface area (Å²) in [6.07, 6.45) is 0. The Morgan fingerprint density at radius 2 is 1.92 bits per heavy atom. The Kier molecular flexibility index (Phi) is 5.79. The summed E-state index contributed by atoms with van der Waals surface area (Å²) >= 11 is 5.95. The van der Waals surface area contributed by atoms with Gasteiger partial charge in [-0.3, -0.25) is 9.63 Å². The summed E-state index contributed by atoms with van der Waals surface area (Å²) < 4.78 is 38.7. The molecule has 0 atom stereocenters. The summed E-state index contributed by atoms with van der Waals surface area (Å²) in [7, 11) is -1.63. The molecule has 0 unspecified atom stereocenters. The summed E-state index contributed by atoms with van der Waals surface area (Å²) in [4.78, 5) is 16.8. The fourth-order valence-corrected chi connectivity index (χ4v) is 3.48. The van der Waals surface area contributed by atoms with Gasteiger partial charge in [-0.05, 0) is 42.8 Å². The number of amides is 1. The maximum atomic E-state index is 13.3. The third-order valence-corrected chi connectivity index (χ3v) is 5.68. The highest BCUT2D eigenvalue weighted by atomic mass is 35.5. The van der Waals surface area contributed by atoms with Crippen molar-refractivity contribution in [1.29, 1.82) is 0 Å². The molecule has 0 spiro atoms. The minimum atomic E-state index is -4.02. The highest BCUT2D eigenvalue weighted by molar-refractivity contribution is 7.89. The molecule has 2 aromatic rings. The van der Waals surface area contributed by atoms with Gasteiger partial charge in [-0.25, -0.2) is 12.8 Å². The molecule has 0 bridgehead atoms. The zero-order valence-electron chi connectivity index (χ0n) is 13.7. The van der Waals surface area contributed by atoms with Crippen LogP contribution in [-0.2, 0) is 14.9 Å². The van der Waals surface area contributed by atoms with Crippen LogP contribution in [0.2, 0.25) is 5.02 Å². The van der Waals surface area contributed by atoms with Gasteiger partial charge in [0, 0.05) is 18.3 Å². The second-order valence-electron chi connectivity index (χ2n) is 5.16. The van der Waals surface area contributed by atoms with Gasteiger partial charge in [0.2, 0.25) is 0 Å². The second kappa shape index (κ2) is 7.49. The van der Waals surface area contributed by atoms with Crippen LogP contribution in [-0.4, -0.2) is 33.0 Å². The quantitative estimate of drug-likeness (QED) is 0.800. The zero-order chi connectivity index (χ0) is 18.8. The first-order valence-electron chi connectivity index (χ1n) is 7.07. The maximum absolute atomic E-state index is 13.3. The first-order valence-corrected chi connectivity index (χ1v) is 8.88. The molecule has 6 nitrogen and oxygen atoms in total. The first kappa shape index (κ1) is 19.3. The lowest BCUT2D eigenvalue weighted by Gasteiger charge is -2.16. The molecule has 0 aliphatic heterocycles. The second-order valence-corrected chi connectivity index (χ2v) is 7.47. The molecular formula is C16H16ClFN2O4S. The molecule has 134 valence electrons. The standard InChI is InChI=1S/C16H16ClFN2O4S/c1-10-4-6-12(18)9-14(10)19-16(21)11-5-7-13(17)15(8-11)25(22,23)20(2)24-3/h4-9H,1-3H3,(H,19,21). The number of hydrogen-bond acceptors (Lipinski definition) is 4. The lowest BCUT2D eigenvalue weighted by Crippen LogP contribution is -2.26. The zero-order valence-corrected chi connectivity index (χ0v) is 15.3. The maximum Gasteiger partial charge on any atom is 0.266 e. The van der Waals surface area contributed by atoms with Crippen LogP contribution in [0.3, 0.4) is 0 Å². The van der Waals surface area contributed by atoms with Crippen molar-refractivity contribution in [1.82, 2.24) is 4.47 Å². The summed E-state index contributed by atoms with van der Waals surface area (Å²) in [6.45, 7) is 1.71.